The zero-order valence-electron chi connectivity index (χ0n) is 13.4. The molecule has 2 heterocycles. The first-order chi connectivity index (χ1) is 10.7. The van der Waals surface area contributed by atoms with Crippen molar-refractivity contribution in [1.29, 1.82) is 0 Å². The number of amides is 1. The lowest BCUT2D eigenvalue weighted by molar-refractivity contribution is -0.126. The number of carbonyl (C=O) groups is 1. The summed E-state index contributed by atoms with van der Waals surface area (Å²) >= 11 is 0. The van der Waals surface area contributed by atoms with Crippen LogP contribution in [-0.4, -0.2) is 35.0 Å². The molecule has 0 radical (unpaired) electrons. The van der Waals surface area contributed by atoms with E-state index >= 15 is 0 Å². The van der Waals surface area contributed by atoms with E-state index in [0.717, 1.165) is 38.3 Å². The van der Waals surface area contributed by atoms with Gasteiger partial charge >= 0.3 is 0 Å². The standard InChI is InChI=1S/C17H26N4O/c1-13-6-2-3-8-15(13)20-16(22)14-7-4-11-21(12-14)17-18-9-5-10-19-17/h5,9-10,13-15H,2-4,6-8,11-12H2,1H3,(H,20,22)/t13-,14+,15+/m1/s1. The maximum absolute atomic E-state index is 12.6. The van der Waals surface area contributed by atoms with E-state index < -0.39 is 0 Å². The van der Waals surface area contributed by atoms with Crippen molar-refractivity contribution in [3.63, 3.8) is 0 Å². The molecule has 2 aliphatic rings. The summed E-state index contributed by atoms with van der Waals surface area (Å²) in [5, 5.41) is 3.30. The van der Waals surface area contributed by atoms with Crippen molar-refractivity contribution in [2.75, 3.05) is 18.0 Å². The fourth-order valence-electron chi connectivity index (χ4n) is 3.66. The van der Waals surface area contributed by atoms with Gasteiger partial charge in [0.2, 0.25) is 11.9 Å². The van der Waals surface area contributed by atoms with Crippen LogP contribution in [0.4, 0.5) is 5.95 Å². The molecule has 22 heavy (non-hydrogen) atoms. The van der Waals surface area contributed by atoms with Crippen LogP contribution in [0.2, 0.25) is 0 Å². The van der Waals surface area contributed by atoms with Crippen LogP contribution in [0, 0.1) is 11.8 Å². The second kappa shape index (κ2) is 7.07. The van der Waals surface area contributed by atoms with Gasteiger partial charge in [0.1, 0.15) is 0 Å². The van der Waals surface area contributed by atoms with Crippen molar-refractivity contribution in [1.82, 2.24) is 15.3 Å². The number of carbonyl (C=O) groups excluding carboxylic acids is 1. The Labute approximate surface area is 132 Å². The normalized spacial score (nSPS) is 29.1. The van der Waals surface area contributed by atoms with Crippen molar-refractivity contribution < 1.29 is 4.79 Å². The van der Waals surface area contributed by atoms with E-state index in [4.69, 9.17) is 0 Å². The van der Waals surface area contributed by atoms with Crippen molar-refractivity contribution in [2.45, 2.75) is 51.5 Å². The molecule has 0 spiro atoms. The predicted octanol–water partition coefficient (Wildman–Crippen LogP) is 2.39. The van der Waals surface area contributed by atoms with Crippen LogP contribution in [0.25, 0.3) is 0 Å². The summed E-state index contributed by atoms with van der Waals surface area (Å²) in [4.78, 5) is 23.4. The van der Waals surface area contributed by atoms with Gasteiger partial charge in [0, 0.05) is 31.5 Å². The van der Waals surface area contributed by atoms with E-state index in [-0.39, 0.29) is 11.8 Å². The number of aromatic nitrogens is 2. The Morgan fingerprint density at radius 2 is 1.95 bits per heavy atom. The van der Waals surface area contributed by atoms with Gasteiger partial charge in [-0.1, -0.05) is 19.8 Å². The Bertz CT molecular complexity index is 493. The van der Waals surface area contributed by atoms with Crippen LogP contribution in [0.5, 0.6) is 0 Å². The van der Waals surface area contributed by atoms with E-state index in [1.54, 1.807) is 12.4 Å². The summed E-state index contributed by atoms with van der Waals surface area (Å²) in [5.41, 5.74) is 0. The molecule has 0 bridgehead atoms. The Morgan fingerprint density at radius 3 is 2.73 bits per heavy atom. The SMILES string of the molecule is C[C@@H]1CCCC[C@@H]1NC(=O)[C@H]1CCCN(c2ncccn2)C1. The van der Waals surface area contributed by atoms with E-state index in [0.29, 0.717) is 12.0 Å². The first-order valence-corrected chi connectivity index (χ1v) is 8.56. The first kappa shape index (κ1) is 15.3. The Kier molecular flexibility index (Phi) is 4.90. The van der Waals surface area contributed by atoms with Gasteiger partial charge in [-0.05, 0) is 37.7 Å². The highest BCUT2D eigenvalue weighted by atomic mass is 16.2. The van der Waals surface area contributed by atoms with Gasteiger partial charge in [-0.25, -0.2) is 9.97 Å². The first-order valence-electron chi connectivity index (χ1n) is 8.56. The fraction of sp³-hybridized carbons (Fsp3) is 0.706. The van der Waals surface area contributed by atoms with Crippen LogP contribution in [0.1, 0.15) is 45.4 Å². The molecule has 1 saturated heterocycles. The lowest BCUT2D eigenvalue weighted by atomic mass is 9.85. The molecular weight excluding hydrogens is 276 g/mol. The molecular formula is C17H26N4O. The molecule has 0 aromatic carbocycles. The molecule has 1 aromatic rings. The Balaban J connectivity index is 1.58. The van der Waals surface area contributed by atoms with Gasteiger partial charge in [-0.15, -0.1) is 0 Å². The molecule has 1 amide bonds. The number of hydrogen-bond acceptors (Lipinski definition) is 4. The predicted molar refractivity (Wildman–Crippen MR) is 86.5 cm³/mol. The van der Waals surface area contributed by atoms with Gasteiger partial charge in [0.25, 0.3) is 0 Å². The number of piperidine rings is 1. The maximum Gasteiger partial charge on any atom is 0.225 e. The quantitative estimate of drug-likeness (QED) is 0.931. The topological polar surface area (TPSA) is 58.1 Å². The molecule has 2 fully saturated rings. The second-order valence-electron chi connectivity index (χ2n) is 6.71. The lowest BCUT2D eigenvalue weighted by Gasteiger charge is -2.35. The highest BCUT2D eigenvalue weighted by Gasteiger charge is 2.30. The maximum atomic E-state index is 12.6. The highest BCUT2D eigenvalue weighted by Crippen LogP contribution is 2.25. The van der Waals surface area contributed by atoms with Crippen molar-refractivity contribution in [3.8, 4) is 0 Å². The third-order valence-electron chi connectivity index (χ3n) is 5.07. The summed E-state index contributed by atoms with van der Waals surface area (Å²) in [6.07, 6.45) is 10.4. The van der Waals surface area contributed by atoms with Crippen LogP contribution < -0.4 is 10.2 Å². The summed E-state index contributed by atoms with van der Waals surface area (Å²) < 4.78 is 0. The molecule has 5 nitrogen and oxygen atoms in total. The Hall–Kier alpha value is -1.65. The summed E-state index contributed by atoms with van der Waals surface area (Å²) in [7, 11) is 0. The van der Waals surface area contributed by atoms with Gasteiger partial charge in [-0.3, -0.25) is 4.79 Å². The second-order valence-corrected chi connectivity index (χ2v) is 6.71. The average Bonchev–Trinajstić information content (AvgIpc) is 2.58. The number of hydrogen-bond donors (Lipinski definition) is 1. The van der Waals surface area contributed by atoms with Gasteiger partial charge < -0.3 is 10.2 Å². The summed E-state index contributed by atoms with van der Waals surface area (Å²) in [6, 6.07) is 2.19. The Morgan fingerprint density at radius 1 is 1.18 bits per heavy atom. The number of nitrogens with zero attached hydrogens (tertiary/aromatic N) is 3. The third-order valence-corrected chi connectivity index (χ3v) is 5.07. The monoisotopic (exact) mass is 302 g/mol. The van der Waals surface area contributed by atoms with E-state index in [2.05, 4.69) is 27.1 Å². The lowest BCUT2D eigenvalue weighted by Crippen LogP contribution is -2.48. The molecule has 3 rings (SSSR count). The zero-order chi connectivity index (χ0) is 15.4. The molecule has 1 aliphatic heterocycles. The van der Waals surface area contributed by atoms with Crippen LogP contribution >= 0.6 is 0 Å². The van der Waals surface area contributed by atoms with Gasteiger partial charge in [0.15, 0.2) is 0 Å². The number of rotatable bonds is 3. The molecule has 3 atom stereocenters. The molecule has 1 aromatic heterocycles. The van der Waals surface area contributed by atoms with Crippen molar-refractivity contribution >= 4 is 11.9 Å². The van der Waals surface area contributed by atoms with Crippen LogP contribution in [0.15, 0.2) is 18.5 Å². The largest absolute Gasteiger partial charge is 0.353 e. The third kappa shape index (κ3) is 3.57. The minimum absolute atomic E-state index is 0.0617. The number of nitrogens with one attached hydrogen (secondary N) is 1. The smallest absolute Gasteiger partial charge is 0.225 e. The minimum atomic E-state index is 0.0617. The zero-order valence-corrected chi connectivity index (χ0v) is 13.4. The van der Waals surface area contributed by atoms with Crippen LogP contribution in [-0.2, 0) is 4.79 Å². The van der Waals surface area contributed by atoms with E-state index in [9.17, 15) is 4.79 Å². The molecule has 1 N–H and O–H groups in total. The molecule has 1 saturated carbocycles. The summed E-state index contributed by atoms with van der Waals surface area (Å²) in [6.45, 7) is 3.93. The van der Waals surface area contributed by atoms with Crippen LogP contribution in [0.3, 0.4) is 0 Å². The minimum Gasteiger partial charge on any atom is -0.353 e. The van der Waals surface area contributed by atoms with E-state index in [1.165, 1.54) is 19.3 Å². The highest BCUT2D eigenvalue weighted by molar-refractivity contribution is 5.79. The molecule has 5 heteroatoms. The van der Waals surface area contributed by atoms with Gasteiger partial charge in [-0.2, -0.15) is 0 Å². The van der Waals surface area contributed by atoms with Crippen molar-refractivity contribution in [2.24, 2.45) is 11.8 Å². The molecule has 0 unspecified atom stereocenters. The van der Waals surface area contributed by atoms with E-state index in [1.807, 2.05) is 6.07 Å². The van der Waals surface area contributed by atoms with Crippen molar-refractivity contribution in [3.05, 3.63) is 18.5 Å². The number of anilines is 1. The molecule has 120 valence electrons. The average molecular weight is 302 g/mol. The van der Waals surface area contributed by atoms with Gasteiger partial charge in [0.05, 0.1) is 5.92 Å². The fourth-order valence-corrected chi connectivity index (χ4v) is 3.66. The summed E-state index contributed by atoms with van der Waals surface area (Å²) in [5.74, 6) is 1.63. The molecule has 1 aliphatic carbocycles.